The molecule has 0 saturated heterocycles. The van der Waals surface area contributed by atoms with Crippen LogP contribution in [0.5, 0.6) is 0 Å². The summed E-state index contributed by atoms with van der Waals surface area (Å²) in [5.74, 6) is 0.715. The summed E-state index contributed by atoms with van der Waals surface area (Å²) in [7, 11) is 0. The Kier molecular flexibility index (Phi) is 3.54. The van der Waals surface area contributed by atoms with Crippen molar-refractivity contribution in [1.29, 1.82) is 0 Å². The molecular formula is C15H23N3O. The summed E-state index contributed by atoms with van der Waals surface area (Å²) in [5, 5.41) is 10.0. The largest absolute Gasteiger partial charge is 0.399 e. The Morgan fingerprint density at radius 1 is 1.37 bits per heavy atom. The van der Waals surface area contributed by atoms with E-state index in [2.05, 4.69) is 30.3 Å². The van der Waals surface area contributed by atoms with Gasteiger partial charge in [0.15, 0.2) is 0 Å². The number of nitrogens with zero attached hydrogens (tertiary/aromatic N) is 2. The summed E-state index contributed by atoms with van der Waals surface area (Å²) >= 11 is 0. The third-order valence-electron chi connectivity index (χ3n) is 4.14. The van der Waals surface area contributed by atoms with Gasteiger partial charge in [-0.25, -0.2) is 4.98 Å². The lowest BCUT2D eigenvalue weighted by Crippen LogP contribution is -2.30. The van der Waals surface area contributed by atoms with Crippen LogP contribution >= 0.6 is 0 Å². The fourth-order valence-electron chi connectivity index (χ4n) is 2.53. The van der Waals surface area contributed by atoms with Crippen molar-refractivity contribution >= 4 is 16.7 Å². The maximum Gasteiger partial charge on any atom is 0.139 e. The molecule has 0 fully saturated rings. The first-order chi connectivity index (χ1) is 8.92. The standard InChI is InChI=1S/C15H23N3O/c1-5-15(4,6-2)18-13-8-7-11(16)9-12(13)17-14(18)10(3)19/h7-10,19H,5-6,16H2,1-4H3. The fraction of sp³-hybridized carbons (Fsp3) is 0.533. The number of fused-ring (bicyclic) bond motifs is 1. The molecular weight excluding hydrogens is 238 g/mol. The summed E-state index contributed by atoms with van der Waals surface area (Å²) in [6.07, 6.45) is 1.38. The van der Waals surface area contributed by atoms with Crippen LogP contribution in [0.1, 0.15) is 52.5 Å². The second-order valence-corrected chi connectivity index (χ2v) is 5.43. The van der Waals surface area contributed by atoms with Crippen molar-refractivity contribution in [2.75, 3.05) is 5.73 Å². The molecule has 0 aliphatic carbocycles. The van der Waals surface area contributed by atoms with Gasteiger partial charge < -0.3 is 15.4 Å². The van der Waals surface area contributed by atoms with Gasteiger partial charge in [0.2, 0.25) is 0 Å². The topological polar surface area (TPSA) is 64.1 Å². The molecule has 0 bridgehead atoms. The highest BCUT2D eigenvalue weighted by Crippen LogP contribution is 2.33. The monoisotopic (exact) mass is 261 g/mol. The molecule has 0 saturated carbocycles. The Balaban J connectivity index is 2.79. The number of aliphatic hydroxyl groups is 1. The van der Waals surface area contributed by atoms with E-state index in [1.165, 1.54) is 0 Å². The number of imidazole rings is 1. The molecule has 2 rings (SSSR count). The van der Waals surface area contributed by atoms with Gasteiger partial charge in [0.1, 0.15) is 11.9 Å². The Hall–Kier alpha value is -1.55. The third-order valence-corrected chi connectivity index (χ3v) is 4.14. The Morgan fingerprint density at radius 3 is 2.53 bits per heavy atom. The second-order valence-electron chi connectivity index (χ2n) is 5.43. The molecule has 2 aromatic rings. The van der Waals surface area contributed by atoms with E-state index in [4.69, 9.17) is 5.73 Å². The van der Waals surface area contributed by atoms with Crippen molar-refractivity contribution < 1.29 is 5.11 Å². The van der Waals surface area contributed by atoms with Crippen molar-refractivity contribution in [2.45, 2.75) is 52.2 Å². The van der Waals surface area contributed by atoms with Gasteiger partial charge in [-0.1, -0.05) is 13.8 Å². The van der Waals surface area contributed by atoms with Gasteiger partial charge in [-0.2, -0.15) is 0 Å². The number of nitrogen functional groups attached to an aromatic ring is 1. The van der Waals surface area contributed by atoms with Crippen LogP contribution in [0.25, 0.3) is 11.0 Å². The van der Waals surface area contributed by atoms with Crippen LogP contribution in [0, 0.1) is 0 Å². The zero-order chi connectivity index (χ0) is 14.2. The lowest BCUT2D eigenvalue weighted by molar-refractivity contribution is 0.168. The van der Waals surface area contributed by atoms with E-state index in [0.29, 0.717) is 11.5 Å². The highest BCUT2D eigenvalue weighted by atomic mass is 16.3. The van der Waals surface area contributed by atoms with Crippen LogP contribution in [0.3, 0.4) is 0 Å². The van der Waals surface area contributed by atoms with Crippen LogP contribution in [0.4, 0.5) is 5.69 Å². The van der Waals surface area contributed by atoms with Crippen LogP contribution < -0.4 is 5.73 Å². The fourth-order valence-corrected chi connectivity index (χ4v) is 2.53. The number of aromatic nitrogens is 2. The molecule has 4 heteroatoms. The molecule has 0 aliphatic heterocycles. The van der Waals surface area contributed by atoms with Crippen molar-refractivity contribution in [3.05, 3.63) is 24.0 Å². The second kappa shape index (κ2) is 4.85. The molecule has 0 aliphatic rings. The summed E-state index contributed by atoms with van der Waals surface area (Å²) < 4.78 is 2.17. The molecule has 1 aromatic heterocycles. The lowest BCUT2D eigenvalue weighted by atomic mass is 9.94. The molecule has 0 radical (unpaired) electrons. The molecule has 1 aromatic carbocycles. The minimum absolute atomic E-state index is 0.0445. The Bertz CT molecular complexity index is 582. The maximum absolute atomic E-state index is 10.0. The van der Waals surface area contributed by atoms with Crippen LogP contribution in [-0.2, 0) is 5.54 Å². The molecule has 4 nitrogen and oxygen atoms in total. The number of nitrogens with two attached hydrogens (primary N) is 1. The minimum atomic E-state index is -0.592. The first-order valence-electron chi connectivity index (χ1n) is 6.89. The smallest absolute Gasteiger partial charge is 0.139 e. The molecule has 1 atom stereocenters. The van der Waals surface area contributed by atoms with E-state index in [9.17, 15) is 5.11 Å². The molecule has 1 heterocycles. The summed E-state index contributed by atoms with van der Waals surface area (Å²) in [4.78, 5) is 4.57. The SMILES string of the molecule is CCC(C)(CC)n1c(C(C)O)nc2cc(N)ccc21. The van der Waals surface area contributed by atoms with E-state index in [-0.39, 0.29) is 5.54 Å². The van der Waals surface area contributed by atoms with Gasteiger partial charge >= 0.3 is 0 Å². The molecule has 0 amide bonds. The Morgan fingerprint density at radius 2 is 2.00 bits per heavy atom. The van der Waals surface area contributed by atoms with Gasteiger partial charge in [0, 0.05) is 11.2 Å². The Labute approximate surface area is 114 Å². The average Bonchev–Trinajstić information content (AvgIpc) is 2.77. The minimum Gasteiger partial charge on any atom is -0.399 e. The van der Waals surface area contributed by atoms with Crippen molar-refractivity contribution in [3.63, 3.8) is 0 Å². The van der Waals surface area contributed by atoms with Gasteiger partial charge in [-0.15, -0.1) is 0 Å². The molecule has 0 spiro atoms. The van der Waals surface area contributed by atoms with E-state index in [1.807, 2.05) is 18.2 Å². The molecule has 3 N–H and O–H groups in total. The third kappa shape index (κ3) is 2.21. The molecule has 19 heavy (non-hydrogen) atoms. The molecule has 104 valence electrons. The van der Waals surface area contributed by atoms with E-state index in [1.54, 1.807) is 6.92 Å². The van der Waals surface area contributed by atoms with E-state index >= 15 is 0 Å². The zero-order valence-electron chi connectivity index (χ0n) is 12.1. The van der Waals surface area contributed by atoms with Crippen molar-refractivity contribution in [2.24, 2.45) is 0 Å². The number of hydrogen-bond acceptors (Lipinski definition) is 3. The van der Waals surface area contributed by atoms with Gasteiger partial charge in [-0.3, -0.25) is 0 Å². The van der Waals surface area contributed by atoms with Crippen LogP contribution in [0.2, 0.25) is 0 Å². The molecule has 1 unspecified atom stereocenters. The van der Waals surface area contributed by atoms with Crippen LogP contribution in [0.15, 0.2) is 18.2 Å². The summed E-state index contributed by atoms with van der Waals surface area (Å²) in [6.45, 7) is 8.29. The van der Waals surface area contributed by atoms with Crippen molar-refractivity contribution in [1.82, 2.24) is 9.55 Å². The highest BCUT2D eigenvalue weighted by molar-refractivity contribution is 5.80. The number of rotatable bonds is 4. The first kappa shape index (κ1) is 13.9. The zero-order valence-corrected chi connectivity index (χ0v) is 12.1. The predicted octanol–water partition coefficient (Wildman–Crippen LogP) is 3.21. The lowest BCUT2D eigenvalue weighted by Gasteiger charge is -2.32. The average molecular weight is 261 g/mol. The summed E-state index contributed by atoms with van der Waals surface area (Å²) in [6, 6.07) is 5.74. The predicted molar refractivity (Wildman–Crippen MR) is 79.0 cm³/mol. The van der Waals surface area contributed by atoms with Crippen LogP contribution in [-0.4, -0.2) is 14.7 Å². The number of hydrogen-bond donors (Lipinski definition) is 2. The van der Waals surface area contributed by atoms with Gasteiger partial charge in [0.25, 0.3) is 0 Å². The van der Waals surface area contributed by atoms with Gasteiger partial charge in [-0.05, 0) is 44.9 Å². The van der Waals surface area contributed by atoms with E-state index in [0.717, 1.165) is 23.9 Å². The normalized spacial score (nSPS) is 13.9. The van der Waals surface area contributed by atoms with E-state index < -0.39 is 6.10 Å². The first-order valence-corrected chi connectivity index (χ1v) is 6.89. The number of aliphatic hydroxyl groups excluding tert-OH is 1. The summed E-state index contributed by atoms with van der Waals surface area (Å²) in [5.41, 5.74) is 8.36. The van der Waals surface area contributed by atoms with Crippen molar-refractivity contribution in [3.8, 4) is 0 Å². The highest BCUT2D eigenvalue weighted by Gasteiger charge is 2.28. The quantitative estimate of drug-likeness (QED) is 0.831. The number of benzene rings is 1. The van der Waals surface area contributed by atoms with Gasteiger partial charge in [0.05, 0.1) is 11.0 Å². The maximum atomic E-state index is 10.0. The number of anilines is 1.